The zero-order valence-electron chi connectivity index (χ0n) is 12.6. The number of hydrogen-bond donors (Lipinski definition) is 2. The van der Waals surface area contributed by atoms with E-state index in [4.69, 9.17) is 23.2 Å². The van der Waals surface area contributed by atoms with Crippen LogP contribution in [0.5, 0.6) is 0 Å². The molecule has 2 aromatic carbocycles. The van der Waals surface area contributed by atoms with Gasteiger partial charge in [0.15, 0.2) is 5.82 Å². The maximum Gasteiger partial charge on any atom is 0.341 e. The maximum atomic E-state index is 12.5. The van der Waals surface area contributed by atoms with E-state index in [1.165, 1.54) is 29.1 Å². The molecule has 6 nitrogen and oxygen atoms in total. The summed E-state index contributed by atoms with van der Waals surface area (Å²) in [5.74, 6) is -1.74. The Balaban J connectivity index is 2.02. The van der Waals surface area contributed by atoms with Crippen LogP contribution >= 0.6 is 23.2 Å². The van der Waals surface area contributed by atoms with Gasteiger partial charge in [0.25, 0.3) is 5.91 Å². The number of carbonyl (C=O) groups is 2. The standard InChI is InChI=1S/C17H11Cl2N3O3/c18-10-6-7-12(14(19)8-10)16(23)21-15-13(17(24)25)9-20-22(15)11-4-2-1-3-5-11/h1-9H,(H,21,23)(H,24,25). The molecule has 0 saturated carbocycles. The van der Waals surface area contributed by atoms with Crippen LogP contribution in [0, 0.1) is 0 Å². The van der Waals surface area contributed by atoms with E-state index in [0.717, 1.165) is 0 Å². The number of anilines is 1. The molecule has 0 fully saturated rings. The molecular weight excluding hydrogens is 365 g/mol. The Kier molecular flexibility index (Phi) is 4.74. The number of halogens is 2. The molecule has 0 aliphatic carbocycles. The minimum absolute atomic E-state index is 0.0368. The van der Waals surface area contributed by atoms with Crippen molar-refractivity contribution in [3.8, 4) is 5.69 Å². The summed E-state index contributed by atoms with van der Waals surface area (Å²) in [6, 6.07) is 13.3. The Labute approximate surface area is 152 Å². The summed E-state index contributed by atoms with van der Waals surface area (Å²) in [7, 11) is 0. The van der Waals surface area contributed by atoms with E-state index < -0.39 is 11.9 Å². The van der Waals surface area contributed by atoms with Crippen LogP contribution in [0.25, 0.3) is 5.69 Å². The van der Waals surface area contributed by atoms with Gasteiger partial charge < -0.3 is 10.4 Å². The van der Waals surface area contributed by atoms with E-state index >= 15 is 0 Å². The molecule has 1 heterocycles. The van der Waals surface area contributed by atoms with Gasteiger partial charge in [-0.05, 0) is 30.3 Å². The number of carboxylic acids is 1. The quantitative estimate of drug-likeness (QED) is 0.717. The van der Waals surface area contributed by atoms with E-state index in [1.807, 2.05) is 6.07 Å². The van der Waals surface area contributed by atoms with Gasteiger partial charge in [-0.3, -0.25) is 4.79 Å². The number of aromatic carboxylic acids is 1. The highest BCUT2D eigenvalue weighted by atomic mass is 35.5. The predicted molar refractivity (Wildman–Crippen MR) is 94.9 cm³/mol. The van der Waals surface area contributed by atoms with Gasteiger partial charge in [-0.25, -0.2) is 9.48 Å². The number of benzene rings is 2. The summed E-state index contributed by atoms with van der Waals surface area (Å²) in [6.07, 6.45) is 1.18. The topological polar surface area (TPSA) is 84.2 Å². The summed E-state index contributed by atoms with van der Waals surface area (Å²) in [4.78, 5) is 24.0. The van der Waals surface area contributed by atoms with Crippen molar-refractivity contribution in [3.63, 3.8) is 0 Å². The van der Waals surface area contributed by atoms with E-state index in [2.05, 4.69) is 10.4 Å². The number of amides is 1. The molecule has 3 aromatic rings. The van der Waals surface area contributed by atoms with Crippen molar-refractivity contribution in [1.29, 1.82) is 0 Å². The highest BCUT2D eigenvalue weighted by molar-refractivity contribution is 6.37. The third-order valence-electron chi connectivity index (χ3n) is 3.41. The first kappa shape index (κ1) is 17.0. The number of nitrogens with zero attached hydrogens (tertiary/aromatic N) is 2. The van der Waals surface area contributed by atoms with Crippen molar-refractivity contribution in [3.05, 3.63) is 75.9 Å². The lowest BCUT2D eigenvalue weighted by Gasteiger charge is -2.11. The Morgan fingerprint density at radius 2 is 1.76 bits per heavy atom. The molecule has 126 valence electrons. The number of rotatable bonds is 4. The van der Waals surface area contributed by atoms with Crippen molar-refractivity contribution < 1.29 is 14.7 Å². The summed E-state index contributed by atoms with van der Waals surface area (Å²) in [5, 5.41) is 16.5. The van der Waals surface area contributed by atoms with E-state index in [9.17, 15) is 14.7 Å². The molecule has 8 heteroatoms. The lowest BCUT2D eigenvalue weighted by molar-refractivity contribution is 0.0698. The van der Waals surface area contributed by atoms with Crippen molar-refractivity contribution in [2.45, 2.75) is 0 Å². The third-order valence-corrected chi connectivity index (χ3v) is 3.96. The fraction of sp³-hybridized carbons (Fsp3) is 0. The summed E-state index contributed by atoms with van der Waals surface area (Å²) < 4.78 is 1.34. The fourth-order valence-electron chi connectivity index (χ4n) is 2.24. The minimum atomic E-state index is -1.21. The first-order chi connectivity index (χ1) is 12.0. The zero-order chi connectivity index (χ0) is 18.0. The van der Waals surface area contributed by atoms with Crippen molar-refractivity contribution in [2.24, 2.45) is 0 Å². The molecule has 0 bridgehead atoms. The Hall–Kier alpha value is -2.83. The largest absolute Gasteiger partial charge is 0.477 e. The molecule has 1 amide bonds. The molecule has 3 rings (SSSR count). The SMILES string of the molecule is O=C(Nc1c(C(=O)O)cnn1-c1ccccc1)c1ccc(Cl)cc1Cl. The highest BCUT2D eigenvalue weighted by Crippen LogP contribution is 2.24. The molecule has 25 heavy (non-hydrogen) atoms. The molecule has 1 aromatic heterocycles. The van der Waals surface area contributed by atoms with Crippen LogP contribution in [-0.2, 0) is 0 Å². The zero-order valence-corrected chi connectivity index (χ0v) is 14.1. The summed E-state index contributed by atoms with van der Waals surface area (Å²) in [5.41, 5.74) is 0.637. The molecule has 0 atom stereocenters. The van der Waals surface area contributed by atoms with Gasteiger partial charge in [0.05, 0.1) is 22.5 Å². The van der Waals surface area contributed by atoms with E-state index in [0.29, 0.717) is 10.7 Å². The minimum Gasteiger partial charge on any atom is -0.477 e. The van der Waals surface area contributed by atoms with Gasteiger partial charge in [-0.15, -0.1) is 0 Å². The molecule has 0 aliphatic heterocycles. The van der Waals surface area contributed by atoms with E-state index in [1.54, 1.807) is 24.3 Å². The van der Waals surface area contributed by atoms with Crippen LogP contribution in [0.1, 0.15) is 20.7 Å². The average Bonchev–Trinajstić information content (AvgIpc) is 2.99. The average molecular weight is 376 g/mol. The molecular formula is C17H11Cl2N3O3. The van der Waals surface area contributed by atoms with Crippen LogP contribution in [0.2, 0.25) is 10.0 Å². The van der Waals surface area contributed by atoms with Gasteiger partial charge in [0.2, 0.25) is 0 Å². The van der Waals surface area contributed by atoms with Crippen LogP contribution in [-0.4, -0.2) is 26.8 Å². The number of aromatic nitrogens is 2. The molecule has 0 unspecified atom stereocenters. The summed E-state index contributed by atoms with van der Waals surface area (Å²) in [6.45, 7) is 0. The number of hydrogen-bond acceptors (Lipinski definition) is 3. The first-order valence-electron chi connectivity index (χ1n) is 7.10. The maximum absolute atomic E-state index is 12.5. The van der Waals surface area contributed by atoms with Gasteiger partial charge >= 0.3 is 5.97 Å². The van der Waals surface area contributed by atoms with Crippen molar-refractivity contribution >= 4 is 40.9 Å². The third kappa shape index (κ3) is 3.50. The fourth-order valence-corrected chi connectivity index (χ4v) is 2.73. The molecule has 0 radical (unpaired) electrons. The van der Waals surface area contributed by atoms with Crippen LogP contribution in [0.3, 0.4) is 0 Å². The van der Waals surface area contributed by atoms with Gasteiger partial charge in [0, 0.05) is 5.02 Å². The second-order valence-corrected chi connectivity index (χ2v) is 5.88. The van der Waals surface area contributed by atoms with Crippen molar-refractivity contribution in [1.82, 2.24) is 9.78 Å². The molecule has 0 aliphatic rings. The van der Waals surface area contributed by atoms with Gasteiger partial charge in [-0.1, -0.05) is 41.4 Å². The second-order valence-electron chi connectivity index (χ2n) is 5.04. The van der Waals surface area contributed by atoms with Crippen LogP contribution in [0.4, 0.5) is 5.82 Å². The van der Waals surface area contributed by atoms with E-state index in [-0.39, 0.29) is 22.0 Å². The first-order valence-corrected chi connectivity index (χ1v) is 7.86. The lowest BCUT2D eigenvalue weighted by atomic mass is 10.2. The number of para-hydroxylation sites is 1. The molecule has 0 spiro atoms. The monoisotopic (exact) mass is 375 g/mol. The summed E-state index contributed by atoms with van der Waals surface area (Å²) >= 11 is 11.9. The number of carboxylic acid groups (broad SMARTS) is 1. The Bertz CT molecular complexity index is 955. The lowest BCUT2D eigenvalue weighted by Crippen LogP contribution is -2.17. The molecule has 2 N–H and O–H groups in total. The Morgan fingerprint density at radius 3 is 2.40 bits per heavy atom. The number of carbonyl (C=O) groups excluding carboxylic acids is 1. The number of nitrogens with one attached hydrogen (secondary N) is 1. The second kappa shape index (κ2) is 6.96. The normalized spacial score (nSPS) is 10.5. The smallest absolute Gasteiger partial charge is 0.341 e. The van der Waals surface area contributed by atoms with Gasteiger partial charge in [0.1, 0.15) is 5.56 Å². The highest BCUT2D eigenvalue weighted by Gasteiger charge is 2.21. The Morgan fingerprint density at radius 1 is 1.04 bits per heavy atom. The van der Waals surface area contributed by atoms with Crippen molar-refractivity contribution in [2.75, 3.05) is 5.32 Å². The van der Waals surface area contributed by atoms with Crippen LogP contribution < -0.4 is 5.32 Å². The van der Waals surface area contributed by atoms with Gasteiger partial charge in [-0.2, -0.15) is 5.10 Å². The van der Waals surface area contributed by atoms with Crippen LogP contribution in [0.15, 0.2) is 54.7 Å². The molecule has 0 saturated heterocycles. The predicted octanol–water partition coefficient (Wildman–Crippen LogP) is 4.13.